The Bertz CT molecular complexity index is 560. The van der Waals surface area contributed by atoms with E-state index in [-0.39, 0.29) is 18.4 Å². The van der Waals surface area contributed by atoms with E-state index in [9.17, 15) is 24.1 Å². The highest BCUT2D eigenvalue weighted by Crippen LogP contribution is 2.28. The van der Waals surface area contributed by atoms with Crippen LogP contribution in [0, 0.1) is 15.9 Å². The number of carbonyl (C=O) groups excluding carboxylic acids is 2. The predicted molar refractivity (Wildman–Crippen MR) is 69.1 cm³/mol. The number of esters is 2. The lowest BCUT2D eigenvalue weighted by atomic mass is 9.93. The molecule has 0 aliphatic heterocycles. The molecule has 0 spiro atoms. The van der Waals surface area contributed by atoms with Gasteiger partial charge in [0.15, 0.2) is 0 Å². The van der Waals surface area contributed by atoms with Crippen LogP contribution in [0.3, 0.4) is 0 Å². The summed E-state index contributed by atoms with van der Waals surface area (Å²) in [6.07, 6.45) is -0.124. The van der Waals surface area contributed by atoms with Crippen LogP contribution in [0.2, 0.25) is 0 Å². The third-order valence-electron chi connectivity index (χ3n) is 2.92. The SMILES string of the molecule is COC(=O)CCC(C(=O)OC)c1ccc([N+](=O)[O-])cc1F. The van der Waals surface area contributed by atoms with E-state index in [1.807, 2.05) is 0 Å². The molecule has 8 heteroatoms. The summed E-state index contributed by atoms with van der Waals surface area (Å²) >= 11 is 0. The maximum atomic E-state index is 13.9. The number of nitrogens with zero attached hydrogens (tertiary/aromatic N) is 1. The minimum absolute atomic E-state index is 0.0198. The molecule has 0 radical (unpaired) electrons. The molecule has 1 aromatic rings. The number of rotatable bonds is 6. The zero-order chi connectivity index (χ0) is 16.0. The molecule has 7 nitrogen and oxygen atoms in total. The van der Waals surface area contributed by atoms with Gasteiger partial charge in [0.2, 0.25) is 0 Å². The van der Waals surface area contributed by atoms with Crippen LogP contribution in [0.25, 0.3) is 0 Å². The molecule has 0 aromatic heterocycles. The number of nitro benzene ring substituents is 1. The second-order valence-electron chi connectivity index (χ2n) is 4.15. The van der Waals surface area contributed by atoms with Crippen LogP contribution < -0.4 is 0 Å². The molecule has 0 bridgehead atoms. The van der Waals surface area contributed by atoms with Gasteiger partial charge in [0.25, 0.3) is 5.69 Å². The van der Waals surface area contributed by atoms with E-state index in [0.29, 0.717) is 0 Å². The maximum absolute atomic E-state index is 13.9. The second kappa shape index (κ2) is 7.32. The van der Waals surface area contributed by atoms with Gasteiger partial charge in [-0.15, -0.1) is 0 Å². The van der Waals surface area contributed by atoms with E-state index in [1.54, 1.807) is 0 Å². The Hall–Kier alpha value is -2.51. The van der Waals surface area contributed by atoms with Gasteiger partial charge in [0, 0.05) is 18.1 Å². The van der Waals surface area contributed by atoms with E-state index in [0.717, 1.165) is 25.3 Å². The zero-order valence-electron chi connectivity index (χ0n) is 11.5. The fraction of sp³-hybridized carbons (Fsp3) is 0.385. The second-order valence-corrected chi connectivity index (χ2v) is 4.15. The highest BCUT2D eigenvalue weighted by Gasteiger charge is 2.26. The van der Waals surface area contributed by atoms with Gasteiger partial charge in [-0.05, 0) is 12.5 Å². The van der Waals surface area contributed by atoms with Crippen LogP contribution in [-0.4, -0.2) is 31.1 Å². The molecular formula is C13H14FNO6. The summed E-state index contributed by atoms with van der Waals surface area (Å²) in [5, 5.41) is 10.6. The van der Waals surface area contributed by atoms with Crippen molar-refractivity contribution in [1.82, 2.24) is 0 Å². The summed E-state index contributed by atoms with van der Waals surface area (Å²) in [5.41, 5.74) is -0.482. The lowest BCUT2D eigenvalue weighted by Gasteiger charge is -2.15. The quantitative estimate of drug-likeness (QED) is 0.452. The van der Waals surface area contributed by atoms with Gasteiger partial charge < -0.3 is 9.47 Å². The molecule has 0 amide bonds. The minimum Gasteiger partial charge on any atom is -0.469 e. The molecule has 0 heterocycles. The molecular weight excluding hydrogens is 285 g/mol. The van der Waals surface area contributed by atoms with Crippen LogP contribution in [0.15, 0.2) is 18.2 Å². The van der Waals surface area contributed by atoms with Crippen molar-refractivity contribution in [2.45, 2.75) is 18.8 Å². The average molecular weight is 299 g/mol. The highest BCUT2D eigenvalue weighted by atomic mass is 19.1. The van der Waals surface area contributed by atoms with Gasteiger partial charge in [-0.1, -0.05) is 0 Å². The molecule has 1 aromatic carbocycles. The molecule has 114 valence electrons. The molecule has 0 aliphatic carbocycles. The first-order valence-electron chi connectivity index (χ1n) is 5.99. The molecule has 0 saturated carbocycles. The van der Waals surface area contributed by atoms with Gasteiger partial charge in [-0.2, -0.15) is 0 Å². The van der Waals surface area contributed by atoms with Crippen molar-refractivity contribution < 1.29 is 28.4 Å². The first-order chi connectivity index (χ1) is 9.90. The summed E-state index contributed by atoms with van der Waals surface area (Å²) in [6, 6.07) is 2.96. The highest BCUT2D eigenvalue weighted by molar-refractivity contribution is 5.79. The zero-order valence-corrected chi connectivity index (χ0v) is 11.5. The third-order valence-corrected chi connectivity index (χ3v) is 2.92. The largest absolute Gasteiger partial charge is 0.469 e. The van der Waals surface area contributed by atoms with Crippen LogP contribution in [-0.2, 0) is 19.1 Å². The monoisotopic (exact) mass is 299 g/mol. The van der Waals surface area contributed by atoms with Crippen molar-refractivity contribution in [2.75, 3.05) is 14.2 Å². The Morgan fingerprint density at radius 1 is 1.33 bits per heavy atom. The smallest absolute Gasteiger partial charge is 0.313 e. The van der Waals surface area contributed by atoms with Gasteiger partial charge in [-0.25, -0.2) is 4.39 Å². The fourth-order valence-corrected chi connectivity index (χ4v) is 1.82. The molecule has 0 saturated heterocycles. The first-order valence-corrected chi connectivity index (χ1v) is 5.99. The fourth-order valence-electron chi connectivity index (χ4n) is 1.82. The van der Waals surface area contributed by atoms with Gasteiger partial charge in [0.05, 0.1) is 31.1 Å². The predicted octanol–water partition coefficient (Wildman–Crippen LogP) is 1.94. The summed E-state index contributed by atoms with van der Waals surface area (Å²) in [7, 11) is 2.33. The van der Waals surface area contributed by atoms with Gasteiger partial charge >= 0.3 is 11.9 Å². The van der Waals surface area contributed by atoms with Crippen molar-refractivity contribution in [3.63, 3.8) is 0 Å². The van der Waals surface area contributed by atoms with Crippen LogP contribution in [0.4, 0.5) is 10.1 Å². The first kappa shape index (κ1) is 16.5. The molecule has 1 unspecified atom stereocenters. The standard InChI is InChI=1S/C13H14FNO6/c1-20-12(16)6-5-10(13(17)21-2)9-4-3-8(15(18)19)7-11(9)14/h3-4,7,10H,5-6H2,1-2H3. The van der Waals surface area contributed by atoms with Gasteiger partial charge in [0.1, 0.15) is 5.82 Å². The average Bonchev–Trinajstić information content (AvgIpc) is 2.47. The maximum Gasteiger partial charge on any atom is 0.313 e. The van der Waals surface area contributed by atoms with Crippen molar-refractivity contribution >= 4 is 17.6 Å². The van der Waals surface area contributed by atoms with E-state index < -0.39 is 34.3 Å². The topological polar surface area (TPSA) is 95.7 Å². The van der Waals surface area contributed by atoms with Crippen LogP contribution in [0.1, 0.15) is 24.3 Å². The van der Waals surface area contributed by atoms with Crippen LogP contribution >= 0.6 is 0 Å². The lowest BCUT2D eigenvalue weighted by molar-refractivity contribution is -0.385. The molecule has 21 heavy (non-hydrogen) atoms. The Morgan fingerprint density at radius 3 is 2.48 bits per heavy atom. The molecule has 0 fully saturated rings. The van der Waals surface area contributed by atoms with E-state index in [4.69, 9.17) is 0 Å². The normalized spacial score (nSPS) is 11.6. The Balaban J connectivity index is 3.05. The van der Waals surface area contributed by atoms with E-state index in [2.05, 4.69) is 9.47 Å². The number of carbonyl (C=O) groups is 2. The molecule has 1 rings (SSSR count). The van der Waals surface area contributed by atoms with Crippen LogP contribution in [0.5, 0.6) is 0 Å². The lowest BCUT2D eigenvalue weighted by Crippen LogP contribution is -2.17. The number of nitro groups is 1. The molecule has 0 N–H and O–H groups in total. The number of ether oxygens (including phenoxy) is 2. The van der Waals surface area contributed by atoms with Crippen molar-refractivity contribution in [1.29, 1.82) is 0 Å². The Labute approximate surface area is 119 Å². The Kier molecular flexibility index (Phi) is 5.77. The molecule has 0 aliphatic rings. The number of non-ortho nitro benzene ring substituents is 1. The number of methoxy groups -OCH3 is 2. The van der Waals surface area contributed by atoms with Crippen molar-refractivity contribution in [3.8, 4) is 0 Å². The van der Waals surface area contributed by atoms with Gasteiger partial charge in [-0.3, -0.25) is 19.7 Å². The van der Waals surface area contributed by atoms with E-state index in [1.165, 1.54) is 7.11 Å². The minimum atomic E-state index is -1.03. The number of halogens is 1. The number of benzene rings is 1. The summed E-state index contributed by atoms with van der Waals surface area (Å²) in [5.74, 6) is -3.21. The number of hydrogen-bond donors (Lipinski definition) is 0. The van der Waals surface area contributed by atoms with Crippen molar-refractivity contribution in [3.05, 3.63) is 39.7 Å². The molecule has 1 atom stereocenters. The van der Waals surface area contributed by atoms with E-state index >= 15 is 0 Å². The summed E-state index contributed by atoms with van der Waals surface area (Å²) in [4.78, 5) is 32.7. The number of hydrogen-bond acceptors (Lipinski definition) is 6. The Morgan fingerprint density at radius 2 is 2.00 bits per heavy atom. The summed E-state index contributed by atoms with van der Waals surface area (Å²) < 4.78 is 23.0. The summed E-state index contributed by atoms with van der Waals surface area (Å²) in [6.45, 7) is 0. The van der Waals surface area contributed by atoms with Crippen molar-refractivity contribution in [2.24, 2.45) is 0 Å². The third kappa shape index (κ3) is 4.23.